The maximum absolute atomic E-state index is 12.9. The number of benzene rings is 2. The van der Waals surface area contributed by atoms with Gasteiger partial charge >= 0.3 is 0 Å². The monoisotopic (exact) mass is 310 g/mol. The normalized spacial score (nSPS) is 10.3. The fourth-order valence-corrected chi connectivity index (χ4v) is 2.34. The van der Waals surface area contributed by atoms with E-state index < -0.39 is 5.82 Å². The average molecular weight is 311 g/mol. The van der Waals surface area contributed by atoms with Crippen LogP contribution in [-0.2, 0) is 4.79 Å². The third-order valence-corrected chi connectivity index (χ3v) is 3.74. The standard InChI is InChI=1S/C14H12ClFN2OS/c15-9-1-4-11(5-2-9)20-8-14(19)18-13-6-3-10(16)7-12(13)17/h1-7H,8,17H2,(H,18,19). The molecule has 3 nitrogen and oxygen atoms in total. The van der Waals surface area contributed by atoms with Crippen LogP contribution in [0.15, 0.2) is 47.4 Å². The Bertz CT molecular complexity index is 619. The van der Waals surface area contributed by atoms with Gasteiger partial charge in [0.2, 0.25) is 5.91 Å². The summed E-state index contributed by atoms with van der Waals surface area (Å²) in [6.45, 7) is 0. The Kier molecular flexibility index (Phi) is 4.87. The number of nitrogen functional groups attached to an aromatic ring is 1. The van der Waals surface area contributed by atoms with E-state index in [2.05, 4.69) is 5.32 Å². The van der Waals surface area contributed by atoms with E-state index in [1.807, 2.05) is 12.1 Å². The van der Waals surface area contributed by atoms with Crippen molar-refractivity contribution >= 4 is 40.6 Å². The highest BCUT2D eigenvalue weighted by molar-refractivity contribution is 8.00. The van der Waals surface area contributed by atoms with Crippen LogP contribution in [0.2, 0.25) is 5.02 Å². The predicted molar refractivity (Wildman–Crippen MR) is 81.6 cm³/mol. The Morgan fingerprint density at radius 3 is 2.60 bits per heavy atom. The first-order valence-corrected chi connectivity index (χ1v) is 7.14. The maximum atomic E-state index is 12.9. The lowest BCUT2D eigenvalue weighted by Crippen LogP contribution is -2.15. The number of amides is 1. The van der Waals surface area contributed by atoms with E-state index >= 15 is 0 Å². The van der Waals surface area contributed by atoms with Crippen LogP contribution >= 0.6 is 23.4 Å². The molecule has 1 amide bonds. The molecule has 0 unspecified atom stereocenters. The van der Waals surface area contributed by atoms with Gasteiger partial charge < -0.3 is 11.1 Å². The van der Waals surface area contributed by atoms with Crippen LogP contribution in [0, 0.1) is 5.82 Å². The molecule has 3 N–H and O–H groups in total. The lowest BCUT2D eigenvalue weighted by molar-refractivity contribution is -0.113. The van der Waals surface area contributed by atoms with Crippen molar-refractivity contribution < 1.29 is 9.18 Å². The number of halogens is 2. The molecule has 0 radical (unpaired) electrons. The number of carbonyl (C=O) groups is 1. The Labute approximate surface area is 125 Å². The van der Waals surface area contributed by atoms with E-state index in [1.54, 1.807) is 12.1 Å². The molecule has 104 valence electrons. The molecule has 2 rings (SSSR count). The van der Waals surface area contributed by atoms with Gasteiger partial charge in [-0.05, 0) is 42.5 Å². The van der Waals surface area contributed by atoms with Gasteiger partial charge in [-0.15, -0.1) is 11.8 Å². The van der Waals surface area contributed by atoms with Gasteiger partial charge in [-0.3, -0.25) is 4.79 Å². The fourth-order valence-electron chi connectivity index (χ4n) is 1.51. The summed E-state index contributed by atoms with van der Waals surface area (Å²) in [5, 5.41) is 3.29. The van der Waals surface area contributed by atoms with Gasteiger partial charge in [0.05, 0.1) is 17.1 Å². The van der Waals surface area contributed by atoms with Crippen molar-refractivity contribution in [2.24, 2.45) is 0 Å². The van der Waals surface area contributed by atoms with E-state index in [0.717, 1.165) is 4.90 Å². The molecule has 0 bridgehead atoms. The number of carbonyl (C=O) groups excluding carboxylic acids is 1. The number of hydrogen-bond donors (Lipinski definition) is 2. The number of thioether (sulfide) groups is 1. The van der Waals surface area contributed by atoms with E-state index in [-0.39, 0.29) is 17.3 Å². The van der Waals surface area contributed by atoms with Gasteiger partial charge in [0.25, 0.3) is 0 Å². The van der Waals surface area contributed by atoms with Crippen LogP contribution < -0.4 is 11.1 Å². The van der Waals surface area contributed by atoms with Crippen molar-refractivity contribution in [2.75, 3.05) is 16.8 Å². The number of rotatable bonds is 4. The maximum Gasteiger partial charge on any atom is 0.234 e. The van der Waals surface area contributed by atoms with E-state index in [4.69, 9.17) is 17.3 Å². The first-order chi connectivity index (χ1) is 9.54. The SMILES string of the molecule is Nc1cc(F)ccc1NC(=O)CSc1ccc(Cl)cc1. The van der Waals surface area contributed by atoms with Crippen LogP contribution in [0.5, 0.6) is 0 Å². The lowest BCUT2D eigenvalue weighted by atomic mass is 10.2. The summed E-state index contributed by atoms with van der Waals surface area (Å²) in [4.78, 5) is 12.7. The summed E-state index contributed by atoms with van der Waals surface area (Å²) in [5.41, 5.74) is 6.23. The predicted octanol–water partition coefficient (Wildman–Crippen LogP) is 3.79. The minimum Gasteiger partial charge on any atom is -0.397 e. The molecule has 6 heteroatoms. The Hall–Kier alpha value is -1.72. The van der Waals surface area contributed by atoms with Gasteiger partial charge in [0.15, 0.2) is 0 Å². The third-order valence-electron chi connectivity index (χ3n) is 2.47. The highest BCUT2D eigenvalue weighted by Gasteiger charge is 2.07. The first kappa shape index (κ1) is 14.7. The minimum absolute atomic E-state index is 0.204. The number of hydrogen-bond acceptors (Lipinski definition) is 3. The summed E-state index contributed by atoms with van der Waals surface area (Å²) >= 11 is 7.16. The molecule has 0 atom stereocenters. The van der Waals surface area contributed by atoms with Crippen molar-refractivity contribution in [3.8, 4) is 0 Å². The average Bonchev–Trinajstić information content (AvgIpc) is 2.41. The topological polar surface area (TPSA) is 55.1 Å². The molecule has 0 aliphatic carbocycles. The van der Waals surface area contributed by atoms with E-state index in [0.29, 0.717) is 10.7 Å². The van der Waals surface area contributed by atoms with Crippen molar-refractivity contribution in [1.29, 1.82) is 0 Å². The summed E-state index contributed by atoms with van der Waals surface area (Å²) in [6, 6.07) is 11.1. The van der Waals surface area contributed by atoms with Gasteiger partial charge in [-0.25, -0.2) is 4.39 Å². The molecule has 0 saturated heterocycles. The van der Waals surface area contributed by atoms with Crippen LogP contribution in [0.1, 0.15) is 0 Å². The second-order valence-electron chi connectivity index (χ2n) is 4.02. The first-order valence-electron chi connectivity index (χ1n) is 5.78. The molecule has 0 aliphatic heterocycles. The fraction of sp³-hybridized carbons (Fsp3) is 0.0714. The molecule has 0 spiro atoms. The molecule has 0 fully saturated rings. The molecule has 0 saturated carbocycles. The molecule has 0 aromatic heterocycles. The van der Waals surface area contributed by atoms with Crippen LogP contribution in [-0.4, -0.2) is 11.7 Å². The van der Waals surface area contributed by atoms with Gasteiger partial charge in [0, 0.05) is 9.92 Å². The zero-order valence-corrected chi connectivity index (χ0v) is 12.0. The summed E-state index contributed by atoms with van der Waals surface area (Å²) in [6.07, 6.45) is 0. The van der Waals surface area contributed by atoms with Crippen molar-refractivity contribution in [3.63, 3.8) is 0 Å². The highest BCUT2D eigenvalue weighted by Crippen LogP contribution is 2.22. The molecule has 2 aromatic rings. The summed E-state index contributed by atoms with van der Waals surface area (Å²) in [7, 11) is 0. The Morgan fingerprint density at radius 2 is 1.95 bits per heavy atom. The Balaban J connectivity index is 1.90. The van der Waals surface area contributed by atoms with Crippen LogP contribution in [0.4, 0.5) is 15.8 Å². The third kappa shape index (κ3) is 4.15. The number of nitrogens with two attached hydrogens (primary N) is 1. The quantitative estimate of drug-likeness (QED) is 0.667. The second-order valence-corrected chi connectivity index (χ2v) is 5.51. The van der Waals surface area contributed by atoms with E-state index in [9.17, 15) is 9.18 Å². The van der Waals surface area contributed by atoms with Crippen molar-refractivity contribution in [2.45, 2.75) is 4.90 Å². The lowest BCUT2D eigenvalue weighted by Gasteiger charge is -2.08. The zero-order chi connectivity index (χ0) is 14.5. The van der Waals surface area contributed by atoms with Gasteiger partial charge in [-0.2, -0.15) is 0 Å². The van der Waals surface area contributed by atoms with Crippen molar-refractivity contribution in [1.82, 2.24) is 0 Å². The van der Waals surface area contributed by atoms with E-state index in [1.165, 1.54) is 30.0 Å². The summed E-state index contributed by atoms with van der Waals surface area (Å²) < 4.78 is 12.9. The van der Waals surface area contributed by atoms with Crippen LogP contribution in [0.3, 0.4) is 0 Å². The molecular weight excluding hydrogens is 299 g/mol. The van der Waals surface area contributed by atoms with Crippen molar-refractivity contribution in [3.05, 3.63) is 53.3 Å². The number of anilines is 2. The largest absolute Gasteiger partial charge is 0.397 e. The van der Waals surface area contributed by atoms with Crippen LogP contribution in [0.25, 0.3) is 0 Å². The van der Waals surface area contributed by atoms with Gasteiger partial charge in [-0.1, -0.05) is 11.6 Å². The molecule has 0 aliphatic rings. The smallest absolute Gasteiger partial charge is 0.234 e. The molecular formula is C14H12ClFN2OS. The minimum atomic E-state index is -0.434. The zero-order valence-electron chi connectivity index (χ0n) is 10.4. The highest BCUT2D eigenvalue weighted by atomic mass is 35.5. The molecule has 20 heavy (non-hydrogen) atoms. The summed E-state index contributed by atoms with van der Waals surface area (Å²) in [5.74, 6) is -0.405. The Morgan fingerprint density at radius 1 is 1.25 bits per heavy atom. The second kappa shape index (κ2) is 6.63. The number of nitrogens with one attached hydrogen (secondary N) is 1. The molecule has 2 aromatic carbocycles. The van der Waals surface area contributed by atoms with Gasteiger partial charge in [0.1, 0.15) is 5.82 Å². The molecule has 0 heterocycles.